The van der Waals surface area contributed by atoms with Gasteiger partial charge in [0.15, 0.2) is 5.96 Å². The molecule has 0 radical (unpaired) electrons. The van der Waals surface area contributed by atoms with Crippen molar-refractivity contribution in [3.8, 4) is 0 Å². The van der Waals surface area contributed by atoms with E-state index in [9.17, 15) is 0 Å². The van der Waals surface area contributed by atoms with Gasteiger partial charge in [0.2, 0.25) is 0 Å². The van der Waals surface area contributed by atoms with E-state index in [2.05, 4.69) is 74.2 Å². The summed E-state index contributed by atoms with van der Waals surface area (Å²) in [6.07, 6.45) is 10.3. The lowest BCUT2D eigenvalue weighted by Gasteiger charge is -2.39. The highest BCUT2D eigenvalue weighted by molar-refractivity contribution is 14.0. The minimum absolute atomic E-state index is 0. The van der Waals surface area contributed by atoms with Crippen LogP contribution in [-0.2, 0) is 13.1 Å². The van der Waals surface area contributed by atoms with Gasteiger partial charge in [-0.05, 0) is 30.4 Å². The average Bonchev–Trinajstić information content (AvgIpc) is 3.46. The highest BCUT2D eigenvalue weighted by atomic mass is 127. The number of hydrogen-bond acceptors (Lipinski definition) is 4. The number of nitrogens with zero attached hydrogens (tertiary/aromatic N) is 7. The van der Waals surface area contributed by atoms with Crippen molar-refractivity contribution in [3.05, 3.63) is 66.8 Å². The van der Waals surface area contributed by atoms with E-state index < -0.39 is 0 Å². The molecule has 3 heterocycles. The van der Waals surface area contributed by atoms with Crippen LogP contribution in [0.25, 0.3) is 0 Å². The quantitative estimate of drug-likeness (QED) is 0.299. The van der Waals surface area contributed by atoms with Crippen molar-refractivity contribution in [3.63, 3.8) is 0 Å². The summed E-state index contributed by atoms with van der Waals surface area (Å²) in [5, 5.41) is 7.67. The van der Waals surface area contributed by atoms with Gasteiger partial charge in [0, 0.05) is 32.0 Å². The second-order valence-electron chi connectivity index (χ2n) is 7.87. The summed E-state index contributed by atoms with van der Waals surface area (Å²) in [7, 11) is 0. The number of likely N-dealkylation sites (tertiary alicyclic amines) is 1. The zero-order chi connectivity index (χ0) is 20.8. The first-order valence-corrected chi connectivity index (χ1v) is 10.6. The molecule has 3 aromatic rings. The van der Waals surface area contributed by atoms with Gasteiger partial charge in [-0.25, -0.2) is 19.6 Å². The first-order valence-electron chi connectivity index (χ1n) is 10.6. The number of imidazole rings is 1. The van der Waals surface area contributed by atoms with E-state index in [1.54, 1.807) is 12.7 Å². The molecule has 1 aliphatic heterocycles. The van der Waals surface area contributed by atoms with Crippen LogP contribution in [0.15, 0.2) is 60.6 Å². The van der Waals surface area contributed by atoms with E-state index in [-0.39, 0.29) is 24.0 Å². The smallest absolute Gasteiger partial charge is 0.194 e. The van der Waals surface area contributed by atoms with Crippen molar-refractivity contribution in [2.45, 2.75) is 39.4 Å². The van der Waals surface area contributed by atoms with Gasteiger partial charge in [0.05, 0.1) is 25.5 Å². The molecule has 0 bridgehead atoms. The normalized spacial score (nSPS) is 19.2. The SMILES string of the molecule is CCNC(=NCc1cccc(Cn2cncn2)c1)N1CCC(C)C(n2ccnc2)C1.I. The Morgan fingerprint density at radius 3 is 2.84 bits per heavy atom. The van der Waals surface area contributed by atoms with E-state index >= 15 is 0 Å². The Kier molecular flexibility index (Phi) is 8.44. The van der Waals surface area contributed by atoms with E-state index in [0.717, 1.165) is 32.0 Å². The van der Waals surface area contributed by atoms with Crippen molar-refractivity contribution in [1.82, 2.24) is 34.5 Å². The summed E-state index contributed by atoms with van der Waals surface area (Å²) < 4.78 is 4.06. The van der Waals surface area contributed by atoms with Crippen LogP contribution in [0.3, 0.4) is 0 Å². The standard InChI is InChI=1S/C22H30N8.HI/c1-3-25-22(28-9-7-18(2)21(14-28)29-10-8-23-16-29)26-12-19-5-4-6-20(11-19)13-30-17-24-15-27-30;/h4-6,8,10-11,15-18,21H,3,7,9,12-14H2,1-2H3,(H,25,26);1H. The van der Waals surface area contributed by atoms with Crippen LogP contribution in [0.5, 0.6) is 0 Å². The van der Waals surface area contributed by atoms with E-state index in [1.165, 1.54) is 11.1 Å². The topological polar surface area (TPSA) is 76.2 Å². The van der Waals surface area contributed by atoms with Gasteiger partial charge in [0.1, 0.15) is 12.7 Å². The third-order valence-corrected chi connectivity index (χ3v) is 5.67. The number of piperidine rings is 1. The largest absolute Gasteiger partial charge is 0.357 e. The van der Waals surface area contributed by atoms with Crippen molar-refractivity contribution in [2.24, 2.45) is 10.9 Å². The summed E-state index contributed by atoms with van der Waals surface area (Å²) in [4.78, 5) is 15.6. The molecule has 1 saturated heterocycles. The van der Waals surface area contributed by atoms with Crippen LogP contribution in [0, 0.1) is 5.92 Å². The molecule has 31 heavy (non-hydrogen) atoms. The number of hydrogen-bond donors (Lipinski definition) is 1. The maximum atomic E-state index is 4.96. The van der Waals surface area contributed by atoms with Gasteiger partial charge in [-0.1, -0.05) is 31.2 Å². The Morgan fingerprint density at radius 1 is 1.23 bits per heavy atom. The lowest BCUT2D eigenvalue weighted by atomic mass is 9.93. The number of aliphatic imine (C=N–C) groups is 1. The number of nitrogens with one attached hydrogen (secondary N) is 1. The molecule has 8 nitrogen and oxygen atoms in total. The maximum Gasteiger partial charge on any atom is 0.194 e. The van der Waals surface area contributed by atoms with Crippen LogP contribution in [-0.4, -0.2) is 54.8 Å². The third kappa shape index (κ3) is 6.05. The molecule has 1 aliphatic rings. The predicted octanol–water partition coefficient (Wildman–Crippen LogP) is 3.19. The van der Waals surface area contributed by atoms with Crippen molar-refractivity contribution in [1.29, 1.82) is 0 Å². The van der Waals surface area contributed by atoms with Crippen LogP contribution >= 0.6 is 24.0 Å². The van der Waals surface area contributed by atoms with Crippen molar-refractivity contribution in [2.75, 3.05) is 19.6 Å². The molecule has 0 amide bonds. The third-order valence-electron chi connectivity index (χ3n) is 5.67. The second-order valence-corrected chi connectivity index (χ2v) is 7.87. The summed E-state index contributed by atoms with van der Waals surface area (Å²) in [6, 6.07) is 8.94. The Bertz CT molecular complexity index is 938. The van der Waals surface area contributed by atoms with Gasteiger partial charge in [0.25, 0.3) is 0 Å². The minimum atomic E-state index is 0. The van der Waals surface area contributed by atoms with Gasteiger partial charge in [-0.3, -0.25) is 0 Å². The summed E-state index contributed by atoms with van der Waals surface area (Å²) >= 11 is 0. The monoisotopic (exact) mass is 534 g/mol. The molecule has 2 atom stereocenters. The van der Waals surface area contributed by atoms with Crippen LogP contribution in [0.1, 0.15) is 37.4 Å². The van der Waals surface area contributed by atoms with E-state index in [1.807, 2.05) is 17.2 Å². The summed E-state index contributed by atoms with van der Waals surface area (Å²) in [5.41, 5.74) is 2.39. The Labute approximate surface area is 200 Å². The van der Waals surface area contributed by atoms with E-state index in [4.69, 9.17) is 4.99 Å². The molecule has 166 valence electrons. The minimum Gasteiger partial charge on any atom is -0.357 e. The average molecular weight is 534 g/mol. The Morgan fingerprint density at radius 2 is 2.10 bits per heavy atom. The molecule has 0 spiro atoms. The molecule has 2 aromatic heterocycles. The molecule has 9 heteroatoms. The fourth-order valence-electron chi connectivity index (χ4n) is 4.01. The number of benzene rings is 1. The molecular formula is C22H31IN8. The Balaban J connectivity index is 0.00000272. The molecule has 1 aromatic carbocycles. The number of aromatic nitrogens is 5. The highest BCUT2D eigenvalue weighted by Gasteiger charge is 2.28. The van der Waals surface area contributed by atoms with Gasteiger partial charge >= 0.3 is 0 Å². The predicted molar refractivity (Wildman–Crippen MR) is 132 cm³/mol. The van der Waals surface area contributed by atoms with Crippen molar-refractivity contribution >= 4 is 29.9 Å². The van der Waals surface area contributed by atoms with Crippen LogP contribution < -0.4 is 5.32 Å². The lowest BCUT2D eigenvalue weighted by Crippen LogP contribution is -2.49. The van der Waals surface area contributed by atoms with E-state index in [0.29, 0.717) is 25.0 Å². The lowest BCUT2D eigenvalue weighted by molar-refractivity contribution is 0.189. The van der Waals surface area contributed by atoms with Crippen LogP contribution in [0.2, 0.25) is 0 Å². The van der Waals surface area contributed by atoms with Gasteiger partial charge in [-0.15, -0.1) is 24.0 Å². The second kappa shape index (κ2) is 11.3. The zero-order valence-corrected chi connectivity index (χ0v) is 20.5. The number of guanidine groups is 1. The first kappa shape index (κ1) is 23.2. The first-order chi connectivity index (χ1) is 14.7. The molecule has 2 unspecified atom stereocenters. The molecule has 1 fully saturated rings. The van der Waals surface area contributed by atoms with Crippen LogP contribution in [0.4, 0.5) is 0 Å². The molecule has 0 aliphatic carbocycles. The van der Waals surface area contributed by atoms with Gasteiger partial charge in [-0.2, -0.15) is 5.10 Å². The molecule has 0 saturated carbocycles. The summed E-state index contributed by atoms with van der Waals surface area (Å²) in [6.45, 7) is 8.62. The molecular weight excluding hydrogens is 503 g/mol. The fourth-order valence-corrected chi connectivity index (χ4v) is 4.01. The zero-order valence-electron chi connectivity index (χ0n) is 18.1. The maximum absolute atomic E-state index is 4.96. The Hall–Kier alpha value is -2.43. The highest BCUT2D eigenvalue weighted by Crippen LogP contribution is 2.27. The number of halogens is 1. The molecule has 4 rings (SSSR count). The van der Waals surface area contributed by atoms with Gasteiger partial charge < -0.3 is 14.8 Å². The molecule has 1 N–H and O–H groups in total. The van der Waals surface area contributed by atoms with Crippen molar-refractivity contribution < 1.29 is 0 Å². The fraction of sp³-hybridized carbons (Fsp3) is 0.455. The summed E-state index contributed by atoms with van der Waals surface area (Å²) in [5.74, 6) is 1.60. The number of rotatable bonds is 6.